The molecule has 1 fully saturated rings. The number of likely N-dealkylation sites (tertiary alicyclic amines) is 1. The van der Waals surface area contributed by atoms with Crippen LogP contribution in [0, 0.1) is 5.92 Å². The maximum absolute atomic E-state index is 12.1. The molecular weight excluding hydrogens is 204 g/mol. The van der Waals surface area contributed by atoms with Gasteiger partial charge < -0.3 is 10.6 Å². The van der Waals surface area contributed by atoms with Gasteiger partial charge in [-0.05, 0) is 12.3 Å². The highest BCUT2D eigenvalue weighted by atomic mass is 16.2. The standard InChI is InChI=1S/C11H18N4O/c1-8-3-10(12)7-15(5-8)11(16)9-4-13-14(2)6-9/h4,6,8,10H,3,5,7,12H2,1-2H3. The Morgan fingerprint density at radius 3 is 2.88 bits per heavy atom. The molecule has 1 aliphatic heterocycles. The molecule has 5 heteroatoms. The molecule has 0 saturated carbocycles. The van der Waals surface area contributed by atoms with Crippen molar-refractivity contribution in [1.82, 2.24) is 14.7 Å². The van der Waals surface area contributed by atoms with E-state index in [2.05, 4.69) is 12.0 Å². The number of piperidine rings is 1. The van der Waals surface area contributed by atoms with Crippen molar-refractivity contribution in [2.75, 3.05) is 13.1 Å². The van der Waals surface area contributed by atoms with Crippen LogP contribution in [0.25, 0.3) is 0 Å². The van der Waals surface area contributed by atoms with E-state index in [-0.39, 0.29) is 11.9 Å². The van der Waals surface area contributed by atoms with E-state index in [1.165, 1.54) is 0 Å². The number of aromatic nitrogens is 2. The predicted molar refractivity (Wildman–Crippen MR) is 60.9 cm³/mol. The quantitative estimate of drug-likeness (QED) is 0.739. The molecule has 2 atom stereocenters. The Kier molecular flexibility index (Phi) is 2.96. The van der Waals surface area contributed by atoms with E-state index < -0.39 is 0 Å². The minimum atomic E-state index is 0.0371. The number of hydrogen-bond acceptors (Lipinski definition) is 3. The molecule has 1 aromatic rings. The third-order valence-corrected chi connectivity index (χ3v) is 2.93. The molecule has 1 aliphatic rings. The fraction of sp³-hybridized carbons (Fsp3) is 0.636. The van der Waals surface area contributed by atoms with Crippen molar-refractivity contribution in [2.24, 2.45) is 18.7 Å². The lowest BCUT2D eigenvalue weighted by molar-refractivity contribution is 0.0661. The maximum atomic E-state index is 12.1. The minimum absolute atomic E-state index is 0.0371. The Morgan fingerprint density at radius 2 is 2.31 bits per heavy atom. The van der Waals surface area contributed by atoms with E-state index in [0.29, 0.717) is 18.0 Å². The van der Waals surface area contributed by atoms with Gasteiger partial charge in [0.25, 0.3) is 5.91 Å². The zero-order chi connectivity index (χ0) is 11.7. The molecule has 16 heavy (non-hydrogen) atoms. The maximum Gasteiger partial charge on any atom is 0.257 e. The van der Waals surface area contributed by atoms with Crippen molar-refractivity contribution in [3.05, 3.63) is 18.0 Å². The first-order valence-electron chi connectivity index (χ1n) is 5.59. The van der Waals surface area contributed by atoms with Gasteiger partial charge in [-0.2, -0.15) is 5.10 Å². The second-order valence-corrected chi connectivity index (χ2v) is 4.71. The Labute approximate surface area is 95.2 Å². The molecule has 0 bridgehead atoms. The number of aryl methyl sites for hydroxylation is 1. The van der Waals surface area contributed by atoms with Gasteiger partial charge in [-0.3, -0.25) is 9.48 Å². The minimum Gasteiger partial charge on any atom is -0.337 e. The summed E-state index contributed by atoms with van der Waals surface area (Å²) in [7, 11) is 1.81. The first-order valence-corrected chi connectivity index (χ1v) is 5.59. The van der Waals surface area contributed by atoms with Gasteiger partial charge in [0, 0.05) is 32.4 Å². The van der Waals surface area contributed by atoms with Crippen molar-refractivity contribution < 1.29 is 4.79 Å². The average molecular weight is 222 g/mol. The van der Waals surface area contributed by atoms with Crippen LogP contribution < -0.4 is 5.73 Å². The SMILES string of the molecule is CC1CC(N)CN(C(=O)c2cnn(C)c2)C1. The first-order chi connectivity index (χ1) is 7.56. The molecule has 1 saturated heterocycles. The molecule has 88 valence electrons. The topological polar surface area (TPSA) is 64.2 Å². The molecular formula is C11H18N4O. The molecule has 2 rings (SSSR count). The van der Waals surface area contributed by atoms with Crippen molar-refractivity contribution in [3.8, 4) is 0 Å². The third-order valence-electron chi connectivity index (χ3n) is 2.93. The zero-order valence-electron chi connectivity index (χ0n) is 9.76. The summed E-state index contributed by atoms with van der Waals surface area (Å²) in [6.45, 7) is 3.57. The van der Waals surface area contributed by atoms with Gasteiger partial charge in [-0.1, -0.05) is 6.92 Å². The van der Waals surface area contributed by atoms with Gasteiger partial charge in [0.2, 0.25) is 0 Å². The van der Waals surface area contributed by atoms with Crippen molar-refractivity contribution in [2.45, 2.75) is 19.4 Å². The second-order valence-electron chi connectivity index (χ2n) is 4.71. The summed E-state index contributed by atoms with van der Waals surface area (Å²) in [5.74, 6) is 0.513. The van der Waals surface area contributed by atoms with Crippen LogP contribution in [0.15, 0.2) is 12.4 Å². The summed E-state index contributed by atoms with van der Waals surface area (Å²) in [6, 6.07) is 0.101. The number of nitrogens with two attached hydrogens (primary N) is 1. The Bertz CT molecular complexity index is 377. The highest BCUT2D eigenvalue weighted by Crippen LogP contribution is 2.17. The molecule has 0 aliphatic carbocycles. The average Bonchev–Trinajstić information content (AvgIpc) is 2.62. The lowest BCUT2D eigenvalue weighted by atomic mass is 9.96. The van der Waals surface area contributed by atoms with Gasteiger partial charge in [-0.25, -0.2) is 0 Å². The summed E-state index contributed by atoms with van der Waals surface area (Å²) in [4.78, 5) is 14.0. The number of carbonyl (C=O) groups is 1. The highest BCUT2D eigenvalue weighted by molar-refractivity contribution is 5.93. The van der Waals surface area contributed by atoms with Crippen molar-refractivity contribution >= 4 is 5.91 Å². The smallest absolute Gasteiger partial charge is 0.257 e. The number of rotatable bonds is 1. The van der Waals surface area contributed by atoms with E-state index in [0.717, 1.165) is 13.0 Å². The molecule has 5 nitrogen and oxygen atoms in total. The summed E-state index contributed by atoms with van der Waals surface area (Å²) >= 11 is 0. The molecule has 1 aromatic heterocycles. The number of carbonyl (C=O) groups excluding carboxylic acids is 1. The van der Waals surface area contributed by atoms with Crippen LogP contribution >= 0.6 is 0 Å². The number of hydrogen-bond donors (Lipinski definition) is 1. The van der Waals surface area contributed by atoms with Crippen LogP contribution in [-0.2, 0) is 7.05 Å². The second kappa shape index (κ2) is 4.25. The van der Waals surface area contributed by atoms with Crippen LogP contribution in [0.1, 0.15) is 23.7 Å². The molecule has 2 unspecified atom stereocenters. The lowest BCUT2D eigenvalue weighted by Crippen LogP contribution is -2.48. The predicted octanol–water partition coefficient (Wildman–Crippen LogP) is 0.229. The fourth-order valence-corrected chi connectivity index (χ4v) is 2.28. The van der Waals surface area contributed by atoms with Crippen LogP contribution in [-0.4, -0.2) is 39.7 Å². The summed E-state index contributed by atoms with van der Waals surface area (Å²) in [5.41, 5.74) is 6.56. The van der Waals surface area contributed by atoms with Gasteiger partial charge >= 0.3 is 0 Å². The van der Waals surface area contributed by atoms with E-state index >= 15 is 0 Å². The van der Waals surface area contributed by atoms with Crippen LogP contribution in [0.3, 0.4) is 0 Å². The van der Waals surface area contributed by atoms with Gasteiger partial charge in [0.1, 0.15) is 0 Å². The Hall–Kier alpha value is -1.36. The van der Waals surface area contributed by atoms with E-state index in [9.17, 15) is 4.79 Å². The van der Waals surface area contributed by atoms with Gasteiger partial charge in [0.15, 0.2) is 0 Å². The molecule has 2 N–H and O–H groups in total. The van der Waals surface area contributed by atoms with Gasteiger partial charge in [0.05, 0.1) is 11.8 Å². The highest BCUT2D eigenvalue weighted by Gasteiger charge is 2.26. The first kappa shape index (κ1) is 11.1. The number of amides is 1. The van der Waals surface area contributed by atoms with Gasteiger partial charge in [-0.15, -0.1) is 0 Å². The summed E-state index contributed by atoms with van der Waals surface area (Å²) in [5, 5.41) is 4.01. The van der Waals surface area contributed by atoms with Crippen LogP contribution in [0.4, 0.5) is 0 Å². The molecule has 0 radical (unpaired) electrons. The summed E-state index contributed by atoms with van der Waals surface area (Å²) in [6.07, 6.45) is 4.34. The van der Waals surface area contributed by atoms with Crippen LogP contribution in [0.5, 0.6) is 0 Å². The largest absolute Gasteiger partial charge is 0.337 e. The normalized spacial score (nSPS) is 25.8. The van der Waals surface area contributed by atoms with Crippen LogP contribution in [0.2, 0.25) is 0 Å². The third kappa shape index (κ3) is 2.24. The monoisotopic (exact) mass is 222 g/mol. The molecule has 0 spiro atoms. The summed E-state index contributed by atoms with van der Waals surface area (Å²) < 4.78 is 1.64. The molecule has 2 heterocycles. The lowest BCUT2D eigenvalue weighted by Gasteiger charge is -2.34. The number of nitrogens with zero attached hydrogens (tertiary/aromatic N) is 3. The van der Waals surface area contributed by atoms with E-state index in [1.807, 2.05) is 4.90 Å². The van der Waals surface area contributed by atoms with Crippen molar-refractivity contribution in [3.63, 3.8) is 0 Å². The van der Waals surface area contributed by atoms with E-state index in [1.54, 1.807) is 24.1 Å². The Morgan fingerprint density at radius 1 is 1.56 bits per heavy atom. The molecule has 0 aromatic carbocycles. The Balaban J connectivity index is 2.09. The molecule has 1 amide bonds. The zero-order valence-corrected chi connectivity index (χ0v) is 9.76. The van der Waals surface area contributed by atoms with Crippen molar-refractivity contribution in [1.29, 1.82) is 0 Å². The fourth-order valence-electron chi connectivity index (χ4n) is 2.28. The van der Waals surface area contributed by atoms with E-state index in [4.69, 9.17) is 5.73 Å².